The number of unbranched alkanes of at least 4 members (excludes halogenated alkanes) is 1. The van der Waals surface area contributed by atoms with Crippen LogP contribution >= 0.6 is 0 Å². The number of allylic oxidation sites excluding steroid dienone is 2. The first kappa shape index (κ1) is 43.2. The van der Waals surface area contributed by atoms with Crippen LogP contribution in [0.15, 0.2) is 48.6 Å². The van der Waals surface area contributed by atoms with Crippen molar-refractivity contribution in [1.82, 2.24) is 0 Å². The molecule has 3 saturated heterocycles. The highest BCUT2D eigenvalue weighted by Gasteiger charge is 2.50. The van der Waals surface area contributed by atoms with Crippen LogP contribution in [0.5, 0.6) is 5.75 Å². The maximum atomic E-state index is 13.4. The van der Waals surface area contributed by atoms with Gasteiger partial charge in [-0.15, -0.1) is 0 Å². The third kappa shape index (κ3) is 11.0. The molecule has 1 N–H and O–H groups in total. The van der Waals surface area contributed by atoms with Gasteiger partial charge in [-0.25, -0.2) is 0 Å². The van der Waals surface area contributed by atoms with Gasteiger partial charge in [0.2, 0.25) is 0 Å². The molecule has 4 fully saturated rings. The zero-order valence-corrected chi connectivity index (χ0v) is 35.4. The van der Waals surface area contributed by atoms with E-state index >= 15 is 0 Å². The average Bonchev–Trinajstić information content (AvgIpc) is 3.31. The van der Waals surface area contributed by atoms with Crippen molar-refractivity contribution in [2.75, 3.05) is 26.4 Å². The zero-order valence-electron chi connectivity index (χ0n) is 33.4. The molecule has 0 unspecified atom stereocenters. The molecular weight excluding hydrogens is 706 g/mol. The highest BCUT2D eigenvalue weighted by molar-refractivity contribution is 6.74. The summed E-state index contributed by atoms with van der Waals surface area (Å²) in [6.07, 6.45) is 6.25. The highest BCUT2D eigenvalue weighted by atomic mass is 28.4. The van der Waals surface area contributed by atoms with E-state index in [4.69, 9.17) is 27.8 Å². The minimum Gasteiger partial charge on any atom is -0.491 e. The molecule has 12 heteroatoms. The van der Waals surface area contributed by atoms with Crippen LogP contribution in [0.3, 0.4) is 0 Å². The Morgan fingerprint density at radius 2 is 1.56 bits per heavy atom. The van der Waals surface area contributed by atoms with E-state index in [9.17, 15) is 18.3 Å². The van der Waals surface area contributed by atoms with Crippen LogP contribution in [0.25, 0.3) is 0 Å². The van der Waals surface area contributed by atoms with Gasteiger partial charge in [-0.05, 0) is 86.1 Å². The Balaban J connectivity index is 1.51. The number of hydrogen-bond donors (Lipinski definition) is 1. The zero-order chi connectivity index (χ0) is 38.8. The topological polar surface area (TPSA) is 75.6 Å². The summed E-state index contributed by atoms with van der Waals surface area (Å²) in [6.45, 7) is 26.0. The molecule has 7 nitrogen and oxygen atoms in total. The summed E-state index contributed by atoms with van der Waals surface area (Å²) in [7, 11) is -4.50. The summed E-state index contributed by atoms with van der Waals surface area (Å²) in [5, 5.41) is 11.4. The van der Waals surface area contributed by atoms with E-state index in [0.29, 0.717) is 39.1 Å². The summed E-state index contributed by atoms with van der Waals surface area (Å²) in [5.41, 5.74) is -0.818. The quantitative estimate of drug-likeness (QED) is 0.108. The van der Waals surface area contributed by atoms with Gasteiger partial charge < -0.3 is 32.9 Å². The molecule has 1 aliphatic carbocycles. The van der Waals surface area contributed by atoms with Crippen molar-refractivity contribution in [3.05, 3.63) is 54.1 Å². The third-order valence-corrected chi connectivity index (χ3v) is 20.9. The standard InChI is InChI=1S/C40H65F3O7Si2/c1-36(2,3)51(8,9)49-31(25-45-30-18-16-17-29(23-30)40(41,42)43)20-21-33-32(34(44)24-35(33)50-52(10,11)37(4,5)6)19-14-12-13-15-22-39-46-26-38(7,27-47-39)28-48-39/h12,14,16-18,20-21,23,31-35,44H,13,15,19,22,24-28H2,1-11H3/t31-,32-,33-,34+,35-,38?,39?/m1/s1. The predicted molar refractivity (Wildman–Crippen MR) is 204 cm³/mol. The van der Waals surface area contributed by atoms with Gasteiger partial charge >= 0.3 is 6.18 Å². The first-order valence-corrected chi connectivity index (χ1v) is 24.8. The van der Waals surface area contributed by atoms with Crippen LogP contribution in [0.1, 0.15) is 86.1 Å². The van der Waals surface area contributed by atoms with Gasteiger partial charge in [0.25, 0.3) is 5.97 Å². The molecule has 0 aromatic heterocycles. The van der Waals surface area contributed by atoms with Gasteiger partial charge in [-0.2, -0.15) is 13.2 Å². The number of fused-ring (bicyclic) bond motifs is 3. The Morgan fingerprint density at radius 3 is 2.13 bits per heavy atom. The van der Waals surface area contributed by atoms with Gasteiger partial charge in [0, 0.05) is 17.8 Å². The van der Waals surface area contributed by atoms with Crippen molar-refractivity contribution in [2.24, 2.45) is 17.3 Å². The van der Waals surface area contributed by atoms with E-state index in [-0.39, 0.29) is 45.8 Å². The lowest BCUT2D eigenvalue weighted by Crippen LogP contribution is -2.58. The number of alkyl halides is 3. The van der Waals surface area contributed by atoms with E-state index in [1.54, 1.807) is 0 Å². The summed E-state index contributed by atoms with van der Waals surface area (Å²) in [4.78, 5) is 0. The molecule has 1 saturated carbocycles. The lowest BCUT2D eigenvalue weighted by atomic mass is 9.89. The van der Waals surface area contributed by atoms with Crippen molar-refractivity contribution in [3.63, 3.8) is 0 Å². The maximum Gasteiger partial charge on any atom is 0.416 e. The normalized spacial score (nSPS) is 29.8. The van der Waals surface area contributed by atoms with Gasteiger partial charge in [0.1, 0.15) is 12.4 Å². The molecule has 0 radical (unpaired) electrons. The monoisotopic (exact) mass is 770 g/mol. The van der Waals surface area contributed by atoms with E-state index in [1.807, 2.05) is 6.08 Å². The van der Waals surface area contributed by atoms with Crippen molar-refractivity contribution >= 4 is 16.6 Å². The lowest BCUT2D eigenvalue weighted by Gasteiger charge is -2.50. The highest BCUT2D eigenvalue weighted by Crippen LogP contribution is 2.45. The van der Waals surface area contributed by atoms with E-state index in [0.717, 1.165) is 25.0 Å². The number of rotatable bonds is 15. The summed E-state index contributed by atoms with van der Waals surface area (Å²) in [5.74, 6) is -0.963. The molecule has 2 bridgehead atoms. The molecule has 3 heterocycles. The predicted octanol–water partition coefficient (Wildman–Crippen LogP) is 10.3. The van der Waals surface area contributed by atoms with Gasteiger partial charge in [-0.1, -0.05) is 78.8 Å². The average molecular weight is 771 g/mol. The van der Waals surface area contributed by atoms with Crippen molar-refractivity contribution < 1.29 is 46.1 Å². The van der Waals surface area contributed by atoms with Crippen LogP contribution in [-0.2, 0) is 29.2 Å². The van der Waals surface area contributed by atoms with Crippen molar-refractivity contribution in [1.29, 1.82) is 0 Å². The molecule has 0 amide bonds. The number of aliphatic hydroxyl groups excluding tert-OH is 1. The maximum absolute atomic E-state index is 13.4. The van der Waals surface area contributed by atoms with Gasteiger partial charge in [0.15, 0.2) is 16.6 Å². The molecule has 52 heavy (non-hydrogen) atoms. The van der Waals surface area contributed by atoms with Crippen LogP contribution in [0.2, 0.25) is 36.3 Å². The largest absolute Gasteiger partial charge is 0.491 e. The van der Waals surface area contributed by atoms with E-state index < -0.39 is 46.6 Å². The Bertz CT molecular complexity index is 1360. The van der Waals surface area contributed by atoms with Gasteiger partial charge in [-0.3, -0.25) is 0 Å². The fourth-order valence-corrected chi connectivity index (χ4v) is 8.99. The molecule has 0 spiro atoms. The Labute approximate surface area is 312 Å². The van der Waals surface area contributed by atoms with Crippen molar-refractivity contribution in [2.45, 2.75) is 147 Å². The fraction of sp³-hybridized carbons (Fsp3) is 0.750. The minimum atomic E-state index is -4.47. The van der Waals surface area contributed by atoms with E-state index in [2.05, 4.69) is 92.9 Å². The first-order valence-electron chi connectivity index (χ1n) is 18.9. The third-order valence-electron chi connectivity index (χ3n) is 11.9. The second-order valence-electron chi connectivity index (χ2n) is 18.6. The smallest absolute Gasteiger partial charge is 0.416 e. The molecule has 296 valence electrons. The fourth-order valence-electron chi connectivity index (χ4n) is 6.37. The number of benzene rings is 1. The SMILES string of the molecule is CC12COC(CCCC=CC[C@@H]3[C@@H](C=C[C@H](COc4cccc(C(F)(F)F)c4)O[Si](C)(C)C(C)(C)C)[C@H](O[Si](C)(C)C(C)(C)C)C[C@@H]3O)(OC1)OC2. The second-order valence-corrected chi connectivity index (χ2v) is 28.1. The van der Waals surface area contributed by atoms with Crippen LogP contribution in [0.4, 0.5) is 13.2 Å². The molecule has 1 aromatic carbocycles. The second kappa shape index (κ2) is 16.3. The number of halogens is 3. The van der Waals surface area contributed by atoms with Crippen molar-refractivity contribution in [3.8, 4) is 5.75 Å². The molecule has 3 aliphatic heterocycles. The van der Waals surface area contributed by atoms with Crippen LogP contribution in [-0.4, -0.2) is 72.5 Å². The molecule has 5 rings (SSSR count). The minimum absolute atomic E-state index is 0.0110. The Morgan fingerprint density at radius 1 is 0.942 bits per heavy atom. The van der Waals surface area contributed by atoms with Crippen LogP contribution < -0.4 is 4.74 Å². The van der Waals surface area contributed by atoms with E-state index in [1.165, 1.54) is 12.1 Å². The number of ether oxygens (including phenoxy) is 4. The summed E-state index contributed by atoms with van der Waals surface area (Å²) >= 11 is 0. The Hall–Kier alpha value is -1.52. The molecule has 1 aromatic rings. The van der Waals surface area contributed by atoms with Crippen LogP contribution in [0, 0.1) is 17.3 Å². The molecular formula is C40H65F3O7Si2. The molecule has 5 atom stereocenters. The summed E-state index contributed by atoms with van der Waals surface area (Å²) in [6, 6.07) is 4.95. The number of hydrogen-bond acceptors (Lipinski definition) is 7. The summed E-state index contributed by atoms with van der Waals surface area (Å²) < 4.78 is 77.9. The van der Waals surface area contributed by atoms with Gasteiger partial charge in [0.05, 0.1) is 43.7 Å². The lowest BCUT2D eigenvalue weighted by molar-refractivity contribution is -0.467. The first-order chi connectivity index (χ1) is 23.9. The molecule has 4 aliphatic rings. The Kier molecular flexibility index (Phi) is 13.5. The number of aliphatic hydroxyl groups is 1.